The van der Waals surface area contributed by atoms with E-state index in [0.29, 0.717) is 12.2 Å². The maximum atomic E-state index is 13.5. The molecule has 1 aliphatic heterocycles. The van der Waals surface area contributed by atoms with Crippen molar-refractivity contribution in [3.05, 3.63) is 53.6 Å². The van der Waals surface area contributed by atoms with Crippen LogP contribution in [-0.4, -0.2) is 35.5 Å². The van der Waals surface area contributed by atoms with E-state index < -0.39 is 0 Å². The predicted molar refractivity (Wildman–Crippen MR) is 99.0 cm³/mol. The lowest BCUT2D eigenvalue weighted by molar-refractivity contribution is -0.150. The maximum absolute atomic E-state index is 13.5. The number of aryl methyl sites for hydroxylation is 1. The minimum Gasteiger partial charge on any atom is -0.466 e. The molecule has 26 heavy (non-hydrogen) atoms. The lowest BCUT2D eigenvalue weighted by atomic mass is 9.97. The molecule has 5 heteroatoms. The van der Waals surface area contributed by atoms with Gasteiger partial charge in [-0.3, -0.25) is 14.7 Å². The number of likely N-dealkylation sites (tertiary alicyclic amines) is 1. The van der Waals surface area contributed by atoms with Gasteiger partial charge in [0.15, 0.2) is 0 Å². The van der Waals surface area contributed by atoms with Crippen LogP contribution in [0.4, 0.5) is 4.39 Å². The second kappa shape index (κ2) is 8.41. The average Bonchev–Trinajstić information content (AvgIpc) is 2.65. The Morgan fingerprint density at radius 2 is 2.15 bits per heavy atom. The number of nitrogens with zero attached hydrogens (tertiary/aromatic N) is 2. The third kappa shape index (κ3) is 4.47. The fourth-order valence-corrected chi connectivity index (χ4v) is 3.47. The number of piperidine rings is 1. The highest BCUT2D eigenvalue weighted by molar-refractivity contribution is 5.72. The quantitative estimate of drug-likeness (QED) is 0.760. The highest BCUT2D eigenvalue weighted by atomic mass is 19.1. The minimum atomic E-state index is -0.198. The van der Waals surface area contributed by atoms with Crippen LogP contribution in [0.5, 0.6) is 0 Å². The molecule has 0 saturated carbocycles. The molecule has 0 N–H and O–H groups in total. The molecule has 2 aromatic rings. The van der Waals surface area contributed by atoms with Crippen molar-refractivity contribution >= 4 is 5.97 Å². The summed E-state index contributed by atoms with van der Waals surface area (Å²) >= 11 is 0. The van der Waals surface area contributed by atoms with E-state index in [0.717, 1.165) is 49.2 Å². The van der Waals surface area contributed by atoms with Gasteiger partial charge in [0.1, 0.15) is 5.82 Å². The number of rotatable bonds is 5. The Kier molecular flexibility index (Phi) is 5.99. The van der Waals surface area contributed by atoms with E-state index >= 15 is 0 Å². The zero-order valence-corrected chi connectivity index (χ0v) is 15.4. The number of esters is 1. The van der Waals surface area contributed by atoms with E-state index in [2.05, 4.69) is 16.0 Å². The van der Waals surface area contributed by atoms with Crippen LogP contribution in [0.1, 0.15) is 30.9 Å². The van der Waals surface area contributed by atoms with Crippen molar-refractivity contribution in [2.24, 2.45) is 5.92 Å². The van der Waals surface area contributed by atoms with Gasteiger partial charge in [-0.2, -0.15) is 0 Å². The number of halogens is 1. The molecule has 0 bridgehead atoms. The molecule has 1 fully saturated rings. The summed E-state index contributed by atoms with van der Waals surface area (Å²) in [6.45, 7) is 6.47. The maximum Gasteiger partial charge on any atom is 0.310 e. The molecule has 1 saturated heterocycles. The third-order valence-electron chi connectivity index (χ3n) is 4.82. The van der Waals surface area contributed by atoms with Crippen LogP contribution in [0.25, 0.3) is 11.1 Å². The number of aromatic nitrogens is 1. The summed E-state index contributed by atoms with van der Waals surface area (Å²) < 4.78 is 18.7. The smallest absolute Gasteiger partial charge is 0.310 e. The Morgan fingerprint density at radius 1 is 1.31 bits per heavy atom. The Morgan fingerprint density at radius 3 is 2.92 bits per heavy atom. The Balaban J connectivity index is 1.70. The van der Waals surface area contributed by atoms with E-state index in [1.807, 2.05) is 19.2 Å². The van der Waals surface area contributed by atoms with Crippen molar-refractivity contribution in [3.63, 3.8) is 0 Å². The average molecular weight is 356 g/mol. The van der Waals surface area contributed by atoms with Gasteiger partial charge >= 0.3 is 5.97 Å². The zero-order chi connectivity index (χ0) is 18.5. The first-order valence-corrected chi connectivity index (χ1v) is 9.16. The number of hydrogen-bond acceptors (Lipinski definition) is 4. The van der Waals surface area contributed by atoms with Crippen LogP contribution in [0.3, 0.4) is 0 Å². The summed E-state index contributed by atoms with van der Waals surface area (Å²) in [5.74, 6) is -0.332. The molecule has 0 aliphatic carbocycles. The van der Waals surface area contributed by atoms with Crippen molar-refractivity contribution < 1.29 is 13.9 Å². The Hall–Kier alpha value is -2.27. The second-order valence-corrected chi connectivity index (χ2v) is 6.87. The largest absolute Gasteiger partial charge is 0.466 e. The standard InChI is InChI=1S/C21H25FN2O2/c1-3-26-21(25)18-5-4-8-24(14-18)13-16-10-19(12-23-11-16)17-6-7-20(22)15(2)9-17/h6-7,9-12,18H,3-5,8,13-14H2,1-2H3/t18-/m0/s1. The fourth-order valence-electron chi connectivity index (χ4n) is 3.47. The summed E-state index contributed by atoms with van der Waals surface area (Å²) in [5.41, 5.74) is 3.65. The van der Waals surface area contributed by atoms with Crippen molar-refractivity contribution in [2.45, 2.75) is 33.2 Å². The summed E-state index contributed by atoms with van der Waals surface area (Å²) in [6, 6.07) is 7.20. The van der Waals surface area contributed by atoms with E-state index in [-0.39, 0.29) is 17.7 Å². The topological polar surface area (TPSA) is 42.4 Å². The van der Waals surface area contributed by atoms with E-state index in [1.165, 1.54) is 6.07 Å². The highest BCUT2D eigenvalue weighted by Gasteiger charge is 2.26. The lowest BCUT2D eigenvalue weighted by Crippen LogP contribution is -2.38. The molecule has 2 heterocycles. The number of carbonyl (C=O) groups is 1. The van der Waals surface area contributed by atoms with Crippen molar-refractivity contribution in [1.29, 1.82) is 0 Å². The molecular formula is C21H25FN2O2. The van der Waals surface area contributed by atoms with E-state index in [9.17, 15) is 9.18 Å². The first-order chi connectivity index (χ1) is 12.6. The number of pyridine rings is 1. The van der Waals surface area contributed by atoms with Gasteiger partial charge in [-0.1, -0.05) is 6.07 Å². The van der Waals surface area contributed by atoms with Crippen LogP contribution in [0, 0.1) is 18.7 Å². The first kappa shape index (κ1) is 18.5. The van der Waals surface area contributed by atoms with Gasteiger partial charge < -0.3 is 4.74 Å². The molecule has 1 aromatic carbocycles. The van der Waals surface area contributed by atoms with E-state index in [4.69, 9.17) is 4.74 Å². The first-order valence-electron chi connectivity index (χ1n) is 9.16. The molecule has 0 unspecified atom stereocenters. The molecular weight excluding hydrogens is 331 g/mol. The molecule has 0 amide bonds. The van der Waals surface area contributed by atoms with Crippen LogP contribution in [0.15, 0.2) is 36.7 Å². The molecule has 1 atom stereocenters. The van der Waals surface area contributed by atoms with Gasteiger partial charge in [0.25, 0.3) is 0 Å². The van der Waals surface area contributed by atoms with Crippen LogP contribution < -0.4 is 0 Å². The highest BCUT2D eigenvalue weighted by Crippen LogP contribution is 2.24. The monoisotopic (exact) mass is 356 g/mol. The van der Waals surface area contributed by atoms with Gasteiger partial charge in [-0.05, 0) is 68.1 Å². The summed E-state index contributed by atoms with van der Waals surface area (Å²) in [6.07, 6.45) is 5.54. The third-order valence-corrected chi connectivity index (χ3v) is 4.82. The fraction of sp³-hybridized carbons (Fsp3) is 0.429. The lowest BCUT2D eigenvalue weighted by Gasteiger charge is -2.31. The van der Waals surface area contributed by atoms with Gasteiger partial charge in [-0.15, -0.1) is 0 Å². The van der Waals surface area contributed by atoms with Gasteiger partial charge in [0.05, 0.1) is 12.5 Å². The number of carbonyl (C=O) groups excluding carboxylic acids is 1. The molecule has 0 spiro atoms. The van der Waals surface area contributed by atoms with Crippen LogP contribution in [-0.2, 0) is 16.1 Å². The predicted octanol–water partition coefficient (Wildman–Crippen LogP) is 3.97. The normalized spacial score (nSPS) is 17.9. The number of hydrogen-bond donors (Lipinski definition) is 0. The zero-order valence-electron chi connectivity index (χ0n) is 15.4. The summed E-state index contributed by atoms with van der Waals surface area (Å²) in [7, 11) is 0. The minimum absolute atomic E-state index is 0.0420. The SMILES string of the molecule is CCOC(=O)[C@H]1CCCN(Cc2cncc(-c3ccc(F)c(C)c3)c2)C1. The molecule has 1 aromatic heterocycles. The van der Waals surface area contributed by atoms with Crippen LogP contribution in [0.2, 0.25) is 0 Å². The van der Waals surface area contributed by atoms with Crippen molar-refractivity contribution in [3.8, 4) is 11.1 Å². The Bertz CT molecular complexity index is 778. The molecule has 0 radical (unpaired) electrons. The molecule has 4 nitrogen and oxygen atoms in total. The van der Waals surface area contributed by atoms with Crippen LogP contribution >= 0.6 is 0 Å². The van der Waals surface area contributed by atoms with Gasteiger partial charge in [-0.25, -0.2) is 4.39 Å². The molecule has 138 valence electrons. The van der Waals surface area contributed by atoms with Crippen molar-refractivity contribution in [1.82, 2.24) is 9.88 Å². The van der Waals surface area contributed by atoms with Gasteiger partial charge in [0.2, 0.25) is 0 Å². The summed E-state index contributed by atoms with van der Waals surface area (Å²) in [5, 5.41) is 0. The molecule has 1 aliphatic rings. The summed E-state index contributed by atoms with van der Waals surface area (Å²) in [4.78, 5) is 18.6. The van der Waals surface area contributed by atoms with Crippen molar-refractivity contribution in [2.75, 3.05) is 19.7 Å². The number of ether oxygens (including phenoxy) is 1. The second-order valence-electron chi connectivity index (χ2n) is 6.87. The molecule has 3 rings (SSSR count). The van der Waals surface area contributed by atoms with E-state index in [1.54, 1.807) is 19.2 Å². The number of benzene rings is 1. The Labute approximate surface area is 154 Å². The van der Waals surface area contributed by atoms with Gasteiger partial charge in [0, 0.05) is 31.0 Å².